The third-order valence-electron chi connectivity index (χ3n) is 7.28. The normalized spacial score (nSPS) is 19.6. The average molecular weight is 549 g/mol. The van der Waals surface area contributed by atoms with Crippen LogP contribution in [-0.2, 0) is 16.2 Å². The van der Waals surface area contributed by atoms with Crippen molar-refractivity contribution in [1.82, 2.24) is 14.1 Å². The summed E-state index contributed by atoms with van der Waals surface area (Å²) < 4.78 is 54.3. The maximum Gasteiger partial charge on any atom is 0.415 e. The Balaban J connectivity index is 1.49. The van der Waals surface area contributed by atoms with Crippen molar-refractivity contribution in [2.45, 2.75) is 82.8 Å². The quantitative estimate of drug-likeness (QED) is 0.221. The van der Waals surface area contributed by atoms with Gasteiger partial charge in [-0.1, -0.05) is 19.6 Å². The van der Waals surface area contributed by atoms with Crippen LogP contribution in [0.15, 0.2) is 35.5 Å². The van der Waals surface area contributed by atoms with Crippen LogP contribution in [0.3, 0.4) is 0 Å². The molecule has 7 nitrogen and oxygen atoms in total. The van der Waals surface area contributed by atoms with Crippen LogP contribution in [0.5, 0.6) is 0 Å². The van der Waals surface area contributed by atoms with E-state index in [-0.39, 0.29) is 24.0 Å². The smallest absolute Gasteiger partial charge is 0.367 e. The number of ether oxygens (including phenoxy) is 2. The fourth-order valence-corrected chi connectivity index (χ4v) is 5.80. The van der Waals surface area contributed by atoms with E-state index in [9.17, 15) is 18.0 Å². The molecule has 206 valence electrons. The molecule has 1 fully saturated rings. The van der Waals surface area contributed by atoms with Gasteiger partial charge in [-0.15, -0.1) is 0 Å². The Hall–Kier alpha value is -2.68. The monoisotopic (exact) mass is 548 g/mol. The van der Waals surface area contributed by atoms with Crippen LogP contribution < -0.4 is 5.43 Å². The Morgan fingerprint density at radius 2 is 1.89 bits per heavy atom. The Labute approximate surface area is 221 Å². The number of nitrogens with zero attached hydrogens (tertiary/aromatic N) is 4. The summed E-state index contributed by atoms with van der Waals surface area (Å²) in [6.07, 6.45) is 1.01. The van der Waals surface area contributed by atoms with Gasteiger partial charge in [0.15, 0.2) is 11.5 Å². The topological polar surface area (TPSA) is 82.1 Å². The summed E-state index contributed by atoms with van der Waals surface area (Å²) in [6.45, 7) is 7.99. The number of alkyl halides is 3. The summed E-state index contributed by atoms with van der Waals surface area (Å²) in [6, 6.07) is 6.26. The third-order valence-corrected chi connectivity index (χ3v) is 8.99. The molecule has 1 atom stereocenters. The van der Waals surface area contributed by atoms with Crippen molar-refractivity contribution in [3.8, 4) is 6.07 Å². The predicted octanol–water partition coefficient (Wildman–Crippen LogP) is 6.26. The lowest BCUT2D eigenvalue weighted by Gasteiger charge is -2.32. The maximum absolute atomic E-state index is 13.1. The second-order valence-electron chi connectivity index (χ2n) is 11.4. The maximum atomic E-state index is 13.1. The lowest BCUT2D eigenvalue weighted by Crippen LogP contribution is -2.33. The minimum atomic E-state index is -4.54. The number of halogens is 3. The number of nitriles is 1. The SMILES string of the molecule is C[Si](C)(C)CCOCn1ccc2c1ncc1c(=O)ccn(C3CCC(CO[C@H](CC#N)C(F)(F)F)CC3)c12. The van der Waals surface area contributed by atoms with E-state index in [0.717, 1.165) is 35.4 Å². The van der Waals surface area contributed by atoms with E-state index < -0.39 is 26.8 Å². The molecular formula is C27H35F3N4O3Si. The zero-order valence-corrected chi connectivity index (χ0v) is 23.1. The Morgan fingerprint density at radius 1 is 1.16 bits per heavy atom. The Kier molecular flexibility index (Phi) is 8.64. The molecule has 0 saturated heterocycles. The first-order chi connectivity index (χ1) is 18.0. The standard InChI is InChI=1S/C27H35F3N4O3Si/c1-38(2,3)15-14-36-18-33-12-9-21-25-22(16-32-26(21)33)23(35)10-13-34(25)20-6-4-19(5-7-20)17-37-24(8-11-31)27(28,29)30/h9-10,12-13,16,19-20,24H,4-8,14-15,17-18H2,1-3H3/t19?,20?,24-/m1/s1. The summed E-state index contributed by atoms with van der Waals surface area (Å²) in [5, 5.41) is 10.1. The molecular weight excluding hydrogens is 513 g/mol. The fourth-order valence-electron chi connectivity index (χ4n) is 5.04. The molecule has 0 amide bonds. The van der Waals surface area contributed by atoms with E-state index in [4.69, 9.17) is 14.7 Å². The van der Waals surface area contributed by atoms with E-state index in [2.05, 4.69) is 29.2 Å². The second kappa shape index (κ2) is 11.6. The lowest BCUT2D eigenvalue weighted by atomic mass is 9.86. The molecule has 0 unspecified atom stereocenters. The van der Waals surface area contributed by atoms with Crippen molar-refractivity contribution < 1.29 is 22.6 Å². The van der Waals surface area contributed by atoms with Crippen LogP contribution in [0.2, 0.25) is 25.7 Å². The predicted molar refractivity (Wildman–Crippen MR) is 143 cm³/mol. The van der Waals surface area contributed by atoms with Gasteiger partial charge in [-0.3, -0.25) is 4.79 Å². The molecule has 1 saturated carbocycles. The fraction of sp³-hybridized carbons (Fsp3) is 0.593. The molecule has 1 aliphatic rings. The van der Waals surface area contributed by atoms with Crippen molar-refractivity contribution >= 4 is 30.0 Å². The van der Waals surface area contributed by atoms with Crippen LogP contribution in [-0.4, -0.2) is 47.7 Å². The van der Waals surface area contributed by atoms with Gasteiger partial charge in [0.1, 0.15) is 12.4 Å². The molecule has 0 aromatic carbocycles. The lowest BCUT2D eigenvalue weighted by molar-refractivity contribution is -0.222. The minimum Gasteiger partial charge on any atom is -0.367 e. The van der Waals surface area contributed by atoms with Gasteiger partial charge in [-0.05, 0) is 43.7 Å². The number of pyridine rings is 2. The van der Waals surface area contributed by atoms with E-state index in [1.165, 1.54) is 0 Å². The van der Waals surface area contributed by atoms with Crippen LogP contribution in [0.25, 0.3) is 21.9 Å². The van der Waals surface area contributed by atoms with E-state index in [1.807, 2.05) is 23.0 Å². The largest absolute Gasteiger partial charge is 0.415 e. The van der Waals surface area contributed by atoms with Gasteiger partial charge in [-0.2, -0.15) is 18.4 Å². The second-order valence-corrected chi connectivity index (χ2v) is 17.0. The first-order valence-corrected chi connectivity index (χ1v) is 16.8. The summed E-state index contributed by atoms with van der Waals surface area (Å²) >= 11 is 0. The van der Waals surface area contributed by atoms with Crippen molar-refractivity contribution in [2.24, 2.45) is 5.92 Å². The molecule has 0 spiro atoms. The van der Waals surface area contributed by atoms with Crippen LogP contribution in [0.4, 0.5) is 13.2 Å². The minimum absolute atomic E-state index is 0.00323. The molecule has 3 aromatic rings. The Morgan fingerprint density at radius 3 is 2.55 bits per heavy atom. The van der Waals surface area contributed by atoms with Crippen molar-refractivity contribution in [1.29, 1.82) is 5.26 Å². The molecule has 38 heavy (non-hydrogen) atoms. The first kappa shape index (κ1) is 28.3. The van der Waals surface area contributed by atoms with E-state index >= 15 is 0 Å². The molecule has 0 aliphatic heterocycles. The molecule has 0 radical (unpaired) electrons. The molecule has 0 N–H and O–H groups in total. The number of hydrogen-bond acceptors (Lipinski definition) is 5. The van der Waals surface area contributed by atoms with Crippen LogP contribution >= 0.6 is 0 Å². The van der Waals surface area contributed by atoms with Gasteiger partial charge in [-0.25, -0.2) is 4.98 Å². The molecule has 11 heteroatoms. The van der Waals surface area contributed by atoms with Gasteiger partial charge in [0, 0.05) is 50.8 Å². The summed E-state index contributed by atoms with van der Waals surface area (Å²) in [5.41, 5.74) is 1.49. The molecule has 3 heterocycles. The highest BCUT2D eigenvalue weighted by molar-refractivity contribution is 6.76. The number of aromatic nitrogens is 3. The summed E-state index contributed by atoms with van der Waals surface area (Å²) in [5.74, 6) is -0.00323. The molecule has 0 bridgehead atoms. The van der Waals surface area contributed by atoms with Gasteiger partial charge in [0.25, 0.3) is 0 Å². The van der Waals surface area contributed by atoms with Gasteiger partial charge in [0.05, 0.1) is 30.0 Å². The van der Waals surface area contributed by atoms with Crippen molar-refractivity contribution in [2.75, 3.05) is 13.2 Å². The Bertz CT molecular complexity index is 1350. The summed E-state index contributed by atoms with van der Waals surface area (Å²) in [7, 11) is -1.19. The van der Waals surface area contributed by atoms with Crippen LogP contribution in [0.1, 0.15) is 38.1 Å². The highest BCUT2D eigenvalue weighted by Gasteiger charge is 2.41. The molecule has 4 rings (SSSR count). The van der Waals surface area contributed by atoms with E-state index in [0.29, 0.717) is 31.6 Å². The van der Waals surface area contributed by atoms with Gasteiger partial charge in [0.2, 0.25) is 0 Å². The average Bonchev–Trinajstić information content (AvgIpc) is 3.27. The molecule has 1 aliphatic carbocycles. The zero-order valence-electron chi connectivity index (χ0n) is 22.1. The molecule has 3 aromatic heterocycles. The number of rotatable bonds is 10. The van der Waals surface area contributed by atoms with E-state index in [1.54, 1.807) is 18.3 Å². The summed E-state index contributed by atoms with van der Waals surface area (Å²) in [4.78, 5) is 17.3. The zero-order chi connectivity index (χ0) is 27.5. The number of fused-ring (bicyclic) bond motifs is 3. The van der Waals surface area contributed by atoms with Gasteiger partial charge < -0.3 is 18.6 Å². The van der Waals surface area contributed by atoms with Gasteiger partial charge >= 0.3 is 6.18 Å². The van der Waals surface area contributed by atoms with Crippen molar-refractivity contribution in [3.05, 3.63) is 40.9 Å². The highest BCUT2D eigenvalue weighted by Crippen LogP contribution is 2.36. The van der Waals surface area contributed by atoms with Crippen molar-refractivity contribution in [3.63, 3.8) is 0 Å². The third kappa shape index (κ3) is 6.65. The van der Waals surface area contributed by atoms with Crippen LogP contribution in [0, 0.1) is 17.2 Å². The first-order valence-electron chi connectivity index (χ1n) is 13.1. The highest BCUT2D eigenvalue weighted by atomic mass is 28.3. The number of hydrogen-bond donors (Lipinski definition) is 0.